The maximum absolute atomic E-state index is 12.8. The number of anilines is 1. The van der Waals surface area contributed by atoms with Crippen LogP contribution in [0.1, 0.15) is 50.5 Å². The van der Waals surface area contributed by atoms with Crippen molar-refractivity contribution in [3.05, 3.63) is 29.8 Å². The van der Waals surface area contributed by atoms with Gasteiger partial charge in [0.15, 0.2) is 0 Å². The van der Waals surface area contributed by atoms with Crippen LogP contribution in [0.5, 0.6) is 0 Å². The molecule has 148 valence electrons. The molecule has 0 radical (unpaired) electrons. The summed E-state index contributed by atoms with van der Waals surface area (Å²) in [6, 6.07) is 9.27. The van der Waals surface area contributed by atoms with Gasteiger partial charge in [-0.15, -0.1) is 0 Å². The SMILES string of the molecule is Cc1ccccc1N1CCN(C2CCCN(C(=O)CC3CCCC3)C2)CC1. The van der Waals surface area contributed by atoms with Gasteiger partial charge in [-0.2, -0.15) is 0 Å². The fourth-order valence-electron chi connectivity index (χ4n) is 5.32. The van der Waals surface area contributed by atoms with Crippen LogP contribution in [0.15, 0.2) is 24.3 Å². The maximum Gasteiger partial charge on any atom is 0.222 e. The van der Waals surface area contributed by atoms with Crippen LogP contribution in [0, 0.1) is 12.8 Å². The third-order valence-electron chi connectivity index (χ3n) is 6.97. The minimum atomic E-state index is 0.421. The lowest BCUT2D eigenvalue weighted by Crippen LogP contribution is -2.56. The van der Waals surface area contributed by atoms with Gasteiger partial charge in [-0.1, -0.05) is 31.0 Å². The number of benzene rings is 1. The van der Waals surface area contributed by atoms with E-state index in [9.17, 15) is 4.79 Å². The van der Waals surface area contributed by atoms with Crippen molar-refractivity contribution >= 4 is 11.6 Å². The summed E-state index contributed by atoms with van der Waals surface area (Å²) in [4.78, 5) is 20.1. The summed E-state index contributed by atoms with van der Waals surface area (Å²) in [5.41, 5.74) is 2.75. The van der Waals surface area contributed by atoms with Gasteiger partial charge >= 0.3 is 0 Å². The second-order valence-electron chi connectivity index (χ2n) is 8.80. The van der Waals surface area contributed by atoms with Gasteiger partial charge in [0, 0.05) is 57.4 Å². The molecular formula is C23H35N3O. The van der Waals surface area contributed by atoms with E-state index < -0.39 is 0 Å². The summed E-state index contributed by atoms with van der Waals surface area (Å²) in [6.45, 7) is 8.56. The first-order valence-corrected chi connectivity index (χ1v) is 11.0. The summed E-state index contributed by atoms with van der Waals surface area (Å²) in [6.07, 6.45) is 8.40. The quantitative estimate of drug-likeness (QED) is 0.810. The molecular weight excluding hydrogens is 334 g/mol. The number of aryl methyl sites for hydroxylation is 1. The zero-order chi connectivity index (χ0) is 18.6. The van der Waals surface area contributed by atoms with Crippen LogP contribution in [0.2, 0.25) is 0 Å². The number of piperazine rings is 1. The van der Waals surface area contributed by atoms with E-state index in [4.69, 9.17) is 0 Å². The molecule has 4 nitrogen and oxygen atoms in total. The first kappa shape index (κ1) is 18.8. The van der Waals surface area contributed by atoms with Gasteiger partial charge in [0.05, 0.1) is 0 Å². The minimum Gasteiger partial charge on any atom is -0.369 e. The number of likely N-dealkylation sites (tertiary alicyclic amines) is 1. The van der Waals surface area contributed by atoms with Gasteiger partial charge in [-0.3, -0.25) is 9.69 Å². The predicted octanol–water partition coefficient (Wildman–Crippen LogP) is 3.69. The molecule has 0 N–H and O–H groups in total. The van der Waals surface area contributed by atoms with Crippen molar-refractivity contribution in [2.45, 2.75) is 57.9 Å². The lowest BCUT2D eigenvalue weighted by molar-refractivity contribution is -0.134. The average molecular weight is 370 g/mol. The zero-order valence-corrected chi connectivity index (χ0v) is 16.9. The summed E-state index contributed by atoms with van der Waals surface area (Å²) >= 11 is 0. The minimum absolute atomic E-state index is 0.421. The van der Waals surface area contributed by atoms with Crippen molar-refractivity contribution in [2.75, 3.05) is 44.2 Å². The molecule has 1 atom stereocenters. The molecule has 2 saturated heterocycles. The molecule has 2 heterocycles. The van der Waals surface area contributed by atoms with Crippen molar-refractivity contribution in [3.8, 4) is 0 Å². The monoisotopic (exact) mass is 369 g/mol. The molecule has 0 bridgehead atoms. The van der Waals surface area contributed by atoms with E-state index in [0.29, 0.717) is 17.9 Å². The third kappa shape index (κ3) is 4.48. The first-order valence-electron chi connectivity index (χ1n) is 11.0. The molecule has 4 heteroatoms. The van der Waals surface area contributed by atoms with E-state index in [1.54, 1.807) is 0 Å². The number of carbonyl (C=O) groups excluding carboxylic acids is 1. The fraction of sp³-hybridized carbons (Fsp3) is 0.696. The van der Waals surface area contributed by atoms with Gasteiger partial charge in [-0.05, 0) is 50.2 Å². The van der Waals surface area contributed by atoms with Crippen molar-refractivity contribution in [1.82, 2.24) is 9.80 Å². The van der Waals surface area contributed by atoms with Crippen LogP contribution >= 0.6 is 0 Å². The molecule has 1 saturated carbocycles. The molecule has 1 unspecified atom stereocenters. The van der Waals surface area contributed by atoms with Gasteiger partial charge in [0.1, 0.15) is 0 Å². The molecule has 0 spiro atoms. The highest BCUT2D eigenvalue weighted by molar-refractivity contribution is 5.76. The Kier molecular flexibility index (Phi) is 6.01. The van der Waals surface area contributed by atoms with Crippen LogP contribution in [0.4, 0.5) is 5.69 Å². The van der Waals surface area contributed by atoms with Gasteiger partial charge in [0.2, 0.25) is 5.91 Å². The Hall–Kier alpha value is -1.55. The van der Waals surface area contributed by atoms with Crippen molar-refractivity contribution in [2.24, 2.45) is 5.92 Å². The van der Waals surface area contributed by atoms with Gasteiger partial charge < -0.3 is 9.80 Å². The number of rotatable bonds is 4. The normalized spacial score (nSPS) is 25.1. The predicted molar refractivity (Wildman–Crippen MR) is 111 cm³/mol. The largest absolute Gasteiger partial charge is 0.369 e. The molecule has 0 aromatic heterocycles. The molecule has 27 heavy (non-hydrogen) atoms. The Balaban J connectivity index is 1.29. The topological polar surface area (TPSA) is 26.8 Å². The van der Waals surface area contributed by atoms with E-state index in [1.807, 2.05) is 0 Å². The fourth-order valence-corrected chi connectivity index (χ4v) is 5.32. The summed E-state index contributed by atoms with van der Waals surface area (Å²) in [5, 5.41) is 0. The number of amides is 1. The number of hydrogen-bond donors (Lipinski definition) is 0. The second kappa shape index (κ2) is 8.64. The number of carbonyl (C=O) groups is 1. The van der Waals surface area contributed by atoms with E-state index in [-0.39, 0.29) is 0 Å². The Morgan fingerprint density at radius 1 is 0.963 bits per heavy atom. The van der Waals surface area contributed by atoms with Gasteiger partial charge in [0.25, 0.3) is 0 Å². The van der Waals surface area contributed by atoms with Crippen LogP contribution in [0.3, 0.4) is 0 Å². The maximum atomic E-state index is 12.8. The second-order valence-corrected chi connectivity index (χ2v) is 8.80. The van der Waals surface area contributed by atoms with Crippen LogP contribution in [-0.4, -0.2) is 61.0 Å². The lowest BCUT2D eigenvalue weighted by Gasteiger charge is -2.44. The van der Waals surface area contributed by atoms with Crippen LogP contribution in [0.25, 0.3) is 0 Å². The highest BCUT2D eigenvalue weighted by Gasteiger charge is 2.31. The molecule has 1 aliphatic carbocycles. The summed E-state index contributed by atoms with van der Waals surface area (Å²) < 4.78 is 0. The Morgan fingerprint density at radius 3 is 2.44 bits per heavy atom. The number of piperidine rings is 1. The van der Waals surface area contributed by atoms with Crippen LogP contribution in [-0.2, 0) is 4.79 Å². The molecule has 3 fully saturated rings. The van der Waals surface area contributed by atoms with Crippen LogP contribution < -0.4 is 4.90 Å². The Morgan fingerprint density at radius 2 is 1.70 bits per heavy atom. The van der Waals surface area contributed by atoms with E-state index in [1.165, 1.54) is 49.8 Å². The number of nitrogens with zero attached hydrogens (tertiary/aromatic N) is 3. The Bertz CT molecular complexity index is 632. The smallest absolute Gasteiger partial charge is 0.222 e. The third-order valence-corrected chi connectivity index (χ3v) is 6.97. The highest BCUT2D eigenvalue weighted by Crippen LogP contribution is 2.29. The van der Waals surface area contributed by atoms with Crippen molar-refractivity contribution in [1.29, 1.82) is 0 Å². The van der Waals surface area contributed by atoms with E-state index in [0.717, 1.165) is 45.7 Å². The van der Waals surface area contributed by atoms with Crippen molar-refractivity contribution < 1.29 is 4.79 Å². The molecule has 3 aliphatic rings. The molecule has 1 amide bonds. The Labute approximate surface area is 164 Å². The molecule has 1 aromatic rings. The first-order chi connectivity index (χ1) is 13.2. The van der Waals surface area contributed by atoms with Gasteiger partial charge in [-0.25, -0.2) is 0 Å². The zero-order valence-electron chi connectivity index (χ0n) is 16.9. The number of para-hydroxylation sites is 1. The summed E-state index contributed by atoms with van der Waals surface area (Å²) in [7, 11) is 0. The average Bonchev–Trinajstić information content (AvgIpc) is 3.22. The number of hydrogen-bond acceptors (Lipinski definition) is 3. The standard InChI is InChI=1S/C23H35N3O/c1-19-7-2-5-11-22(19)25-15-13-24(14-16-25)21-10-6-12-26(18-21)23(27)17-20-8-3-4-9-20/h2,5,7,11,20-21H,3-4,6,8-10,12-18H2,1H3. The molecule has 1 aromatic carbocycles. The summed E-state index contributed by atoms with van der Waals surface area (Å²) in [5.74, 6) is 1.08. The highest BCUT2D eigenvalue weighted by atomic mass is 16.2. The molecule has 2 aliphatic heterocycles. The lowest BCUT2D eigenvalue weighted by atomic mass is 9.99. The van der Waals surface area contributed by atoms with E-state index in [2.05, 4.69) is 45.9 Å². The molecule has 4 rings (SSSR count). The van der Waals surface area contributed by atoms with Crippen molar-refractivity contribution in [3.63, 3.8) is 0 Å². The van der Waals surface area contributed by atoms with E-state index >= 15 is 0 Å².